The molecule has 1 N–H and O–H groups in total. The molecule has 2 rings (SSSR count). The van der Waals surface area contributed by atoms with Crippen molar-refractivity contribution >= 4 is 0 Å². The molecule has 0 heterocycles. The first-order valence-corrected chi connectivity index (χ1v) is 6.56. The zero-order valence-electron chi connectivity index (χ0n) is 10.2. The molecule has 0 amide bonds. The van der Waals surface area contributed by atoms with Crippen molar-refractivity contribution in [1.82, 2.24) is 5.32 Å². The summed E-state index contributed by atoms with van der Waals surface area (Å²) in [6.07, 6.45) is 9.86. The van der Waals surface area contributed by atoms with Gasteiger partial charge in [0.25, 0.3) is 0 Å². The Balaban J connectivity index is 1.74. The Hall–Kier alpha value is -0.0800. The van der Waals surface area contributed by atoms with Crippen LogP contribution in [0.3, 0.4) is 0 Å². The average molecular weight is 211 g/mol. The van der Waals surface area contributed by atoms with E-state index >= 15 is 0 Å². The van der Waals surface area contributed by atoms with Gasteiger partial charge in [0.05, 0.1) is 6.10 Å². The molecule has 2 fully saturated rings. The molecule has 2 heteroatoms. The first-order chi connectivity index (χ1) is 7.28. The van der Waals surface area contributed by atoms with Crippen LogP contribution in [-0.4, -0.2) is 25.3 Å². The fraction of sp³-hybridized carbons (Fsp3) is 1.00. The van der Waals surface area contributed by atoms with E-state index in [1.807, 2.05) is 7.11 Å². The number of ether oxygens (including phenoxy) is 1. The minimum Gasteiger partial charge on any atom is -0.381 e. The zero-order chi connectivity index (χ0) is 10.7. The summed E-state index contributed by atoms with van der Waals surface area (Å²) in [5.74, 6) is 0.935. The predicted molar refractivity (Wildman–Crippen MR) is 63.0 cm³/mol. The third-order valence-corrected chi connectivity index (χ3v) is 4.13. The van der Waals surface area contributed by atoms with Crippen molar-refractivity contribution in [3.05, 3.63) is 0 Å². The lowest BCUT2D eigenvalue weighted by atomic mass is 9.92. The summed E-state index contributed by atoms with van der Waals surface area (Å²) < 4.78 is 5.47. The van der Waals surface area contributed by atoms with Crippen LogP contribution < -0.4 is 5.32 Å². The number of rotatable bonds is 3. The molecule has 2 aliphatic rings. The lowest BCUT2D eigenvalue weighted by Gasteiger charge is -2.31. The number of methoxy groups -OCH3 is 1. The van der Waals surface area contributed by atoms with Crippen LogP contribution in [0.25, 0.3) is 0 Å². The minimum absolute atomic E-state index is 0.509. The second-order valence-electron chi connectivity index (χ2n) is 5.50. The molecule has 0 saturated heterocycles. The Morgan fingerprint density at radius 3 is 2.47 bits per heavy atom. The lowest BCUT2D eigenvalue weighted by molar-refractivity contribution is 0.0569. The van der Waals surface area contributed by atoms with E-state index in [-0.39, 0.29) is 0 Å². The van der Waals surface area contributed by atoms with E-state index < -0.39 is 0 Å². The summed E-state index contributed by atoms with van der Waals surface area (Å²) in [6.45, 7) is 2.38. The zero-order valence-corrected chi connectivity index (χ0v) is 10.2. The molecule has 2 aliphatic carbocycles. The van der Waals surface area contributed by atoms with Crippen LogP contribution in [-0.2, 0) is 4.74 Å². The molecule has 0 aromatic carbocycles. The van der Waals surface area contributed by atoms with Gasteiger partial charge in [0.15, 0.2) is 0 Å². The highest BCUT2D eigenvalue weighted by atomic mass is 16.5. The molecular weight excluding hydrogens is 186 g/mol. The molecule has 0 aromatic heterocycles. The molecule has 4 unspecified atom stereocenters. The van der Waals surface area contributed by atoms with E-state index in [1.165, 1.54) is 44.9 Å². The summed E-state index contributed by atoms with van der Waals surface area (Å²) in [4.78, 5) is 0. The molecule has 88 valence electrons. The standard InChI is InChI=1S/C13H25NO/c1-10-6-7-12(8-10)14-11-4-3-5-13(9-11)15-2/h10-14H,3-9H2,1-2H3. The van der Waals surface area contributed by atoms with Gasteiger partial charge >= 0.3 is 0 Å². The van der Waals surface area contributed by atoms with Gasteiger partial charge in [0.2, 0.25) is 0 Å². The molecule has 0 aromatic rings. The highest BCUT2D eigenvalue weighted by molar-refractivity contribution is 4.85. The molecule has 2 nitrogen and oxygen atoms in total. The van der Waals surface area contributed by atoms with Crippen LogP contribution in [0.4, 0.5) is 0 Å². The third-order valence-electron chi connectivity index (χ3n) is 4.13. The Labute approximate surface area is 93.8 Å². The Morgan fingerprint density at radius 2 is 1.80 bits per heavy atom. The largest absolute Gasteiger partial charge is 0.381 e. The normalized spacial score (nSPS) is 42.0. The maximum absolute atomic E-state index is 5.47. The summed E-state index contributed by atoms with van der Waals surface area (Å²) in [5.41, 5.74) is 0. The molecule has 0 radical (unpaired) electrons. The van der Waals surface area contributed by atoms with E-state index in [1.54, 1.807) is 0 Å². The van der Waals surface area contributed by atoms with Crippen LogP contribution in [0, 0.1) is 5.92 Å². The van der Waals surface area contributed by atoms with Crippen molar-refractivity contribution < 1.29 is 4.74 Å². The van der Waals surface area contributed by atoms with Gasteiger partial charge in [-0.25, -0.2) is 0 Å². The fourth-order valence-electron chi connectivity index (χ4n) is 3.20. The number of nitrogens with one attached hydrogen (secondary N) is 1. The van der Waals surface area contributed by atoms with Crippen LogP contribution in [0.15, 0.2) is 0 Å². The highest BCUT2D eigenvalue weighted by Gasteiger charge is 2.27. The lowest BCUT2D eigenvalue weighted by Crippen LogP contribution is -2.41. The first kappa shape index (κ1) is 11.4. The SMILES string of the molecule is COC1CCCC(NC2CCC(C)C2)C1. The van der Waals surface area contributed by atoms with Gasteiger partial charge < -0.3 is 10.1 Å². The van der Waals surface area contributed by atoms with Gasteiger partial charge in [0, 0.05) is 19.2 Å². The van der Waals surface area contributed by atoms with Gasteiger partial charge in [-0.15, -0.1) is 0 Å². The topological polar surface area (TPSA) is 21.3 Å². The van der Waals surface area contributed by atoms with Crippen LogP contribution in [0.5, 0.6) is 0 Å². The van der Waals surface area contributed by atoms with E-state index in [0.717, 1.165) is 18.0 Å². The van der Waals surface area contributed by atoms with Crippen LogP contribution in [0.1, 0.15) is 51.9 Å². The number of hydrogen-bond acceptors (Lipinski definition) is 2. The predicted octanol–water partition coefficient (Wildman–Crippen LogP) is 2.72. The summed E-state index contributed by atoms with van der Waals surface area (Å²) in [6, 6.07) is 1.51. The van der Waals surface area contributed by atoms with Gasteiger partial charge in [-0.3, -0.25) is 0 Å². The number of hydrogen-bond donors (Lipinski definition) is 1. The van der Waals surface area contributed by atoms with Crippen molar-refractivity contribution in [2.75, 3.05) is 7.11 Å². The third kappa shape index (κ3) is 3.18. The van der Waals surface area contributed by atoms with Gasteiger partial charge in [-0.2, -0.15) is 0 Å². The van der Waals surface area contributed by atoms with Crippen molar-refractivity contribution in [3.8, 4) is 0 Å². The van der Waals surface area contributed by atoms with Crippen LogP contribution >= 0.6 is 0 Å². The molecule has 15 heavy (non-hydrogen) atoms. The average Bonchev–Trinajstić information content (AvgIpc) is 2.64. The quantitative estimate of drug-likeness (QED) is 0.775. The van der Waals surface area contributed by atoms with Crippen molar-refractivity contribution in [3.63, 3.8) is 0 Å². The second-order valence-corrected chi connectivity index (χ2v) is 5.50. The van der Waals surface area contributed by atoms with E-state index in [2.05, 4.69) is 12.2 Å². The summed E-state index contributed by atoms with van der Waals surface area (Å²) in [5, 5.41) is 3.83. The summed E-state index contributed by atoms with van der Waals surface area (Å²) >= 11 is 0. The Bertz CT molecular complexity index is 195. The van der Waals surface area contributed by atoms with Gasteiger partial charge in [-0.05, 0) is 50.9 Å². The molecule has 4 atom stereocenters. The maximum atomic E-state index is 5.47. The van der Waals surface area contributed by atoms with Crippen molar-refractivity contribution in [2.24, 2.45) is 5.92 Å². The van der Waals surface area contributed by atoms with Gasteiger partial charge in [0.1, 0.15) is 0 Å². The smallest absolute Gasteiger partial charge is 0.0586 e. The molecule has 2 saturated carbocycles. The maximum Gasteiger partial charge on any atom is 0.0586 e. The van der Waals surface area contributed by atoms with E-state index in [9.17, 15) is 0 Å². The van der Waals surface area contributed by atoms with Crippen molar-refractivity contribution in [2.45, 2.75) is 70.1 Å². The minimum atomic E-state index is 0.509. The monoisotopic (exact) mass is 211 g/mol. The van der Waals surface area contributed by atoms with Gasteiger partial charge in [-0.1, -0.05) is 6.92 Å². The van der Waals surface area contributed by atoms with E-state index in [4.69, 9.17) is 4.74 Å². The highest BCUT2D eigenvalue weighted by Crippen LogP contribution is 2.27. The first-order valence-electron chi connectivity index (χ1n) is 6.56. The Kier molecular flexibility index (Phi) is 4.04. The second kappa shape index (κ2) is 5.31. The Morgan fingerprint density at radius 1 is 1.00 bits per heavy atom. The van der Waals surface area contributed by atoms with Crippen LogP contribution in [0.2, 0.25) is 0 Å². The molecule has 0 bridgehead atoms. The summed E-state index contributed by atoms with van der Waals surface area (Å²) in [7, 11) is 1.85. The van der Waals surface area contributed by atoms with Crippen molar-refractivity contribution in [1.29, 1.82) is 0 Å². The molecule has 0 aliphatic heterocycles. The molecular formula is C13H25NO. The fourth-order valence-corrected chi connectivity index (χ4v) is 3.20. The molecule has 0 spiro atoms. The van der Waals surface area contributed by atoms with E-state index in [0.29, 0.717) is 6.10 Å².